The first kappa shape index (κ1) is 25.6. The van der Waals surface area contributed by atoms with Crippen LogP contribution < -0.4 is 9.47 Å². The second kappa shape index (κ2) is 10.8. The number of aliphatic imine (C=N–C) groups is 2. The maximum absolute atomic E-state index is 15.2. The van der Waals surface area contributed by atoms with E-state index in [2.05, 4.69) is 26.8 Å². The van der Waals surface area contributed by atoms with Gasteiger partial charge in [0.05, 0.1) is 41.7 Å². The molecule has 39 heavy (non-hydrogen) atoms. The van der Waals surface area contributed by atoms with Crippen molar-refractivity contribution >= 4 is 28.9 Å². The Morgan fingerprint density at radius 1 is 1.10 bits per heavy atom. The molecule has 0 bridgehead atoms. The van der Waals surface area contributed by atoms with E-state index in [9.17, 15) is 0 Å². The summed E-state index contributed by atoms with van der Waals surface area (Å²) in [5.41, 5.74) is 3.31. The molecule has 0 unspecified atom stereocenters. The number of hydrogen-bond donors (Lipinski definition) is 0. The first-order valence-corrected chi connectivity index (χ1v) is 13.8. The molecule has 2 aliphatic rings. The summed E-state index contributed by atoms with van der Waals surface area (Å²) >= 11 is 1.43. The highest BCUT2D eigenvalue weighted by Crippen LogP contribution is 2.42. The summed E-state index contributed by atoms with van der Waals surface area (Å²) in [7, 11) is 3.68. The van der Waals surface area contributed by atoms with Crippen LogP contribution in [0.25, 0.3) is 27.3 Å². The second-order valence-electron chi connectivity index (χ2n) is 9.64. The molecule has 1 saturated heterocycles. The quantitative estimate of drug-likeness (QED) is 0.331. The maximum Gasteiger partial charge on any atom is 0.167 e. The Balaban J connectivity index is 1.36. The number of halogens is 1. The van der Waals surface area contributed by atoms with Gasteiger partial charge in [-0.3, -0.25) is 9.89 Å². The highest BCUT2D eigenvalue weighted by molar-refractivity contribution is 7.17. The molecule has 0 spiro atoms. The van der Waals surface area contributed by atoms with Gasteiger partial charge in [-0.15, -0.1) is 11.3 Å². The Labute approximate surface area is 230 Å². The first-order chi connectivity index (χ1) is 19.0. The van der Waals surface area contributed by atoms with E-state index in [1.165, 1.54) is 24.5 Å². The third-order valence-corrected chi connectivity index (χ3v) is 8.13. The van der Waals surface area contributed by atoms with Crippen molar-refractivity contribution in [2.45, 2.75) is 6.92 Å². The normalized spacial score (nSPS) is 16.3. The average molecular weight is 548 g/mol. The van der Waals surface area contributed by atoms with Gasteiger partial charge in [-0.2, -0.15) is 5.10 Å². The second-order valence-corrected chi connectivity index (χ2v) is 10.6. The summed E-state index contributed by atoms with van der Waals surface area (Å²) in [4.78, 5) is 19.3. The van der Waals surface area contributed by atoms with Crippen LogP contribution in [0.5, 0.6) is 11.5 Å². The highest BCUT2D eigenvalue weighted by Gasteiger charge is 2.26. The van der Waals surface area contributed by atoms with Crippen LogP contribution >= 0.6 is 11.3 Å². The number of fused-ring (bicyclic) bond motifs is 1. The van der Waals surface area contributed by atoms with Crippen LogP contribution in [0.15, 0.2) is 46.5 Å². The lowest BCUT2D eigenvalue weighted by Crippen LogP contribution is -2.45. The van der Waals surface area contributed by atoms with E-state index in [1.54, 1.807) is 18.3 Å². The number of thiazole rings is 1. The van der Waals surface area contributed by atoms with Gasteiger partial charge in [0.15, 0.2) is 5.84 Å². The Bertz CT molecular complexity index is 1570. The Morgan fingerprint density at radius 2 is 1.95 bits per heavy atom. The number of ether oxygens (including phenoxy) is 2. The monoisotopic (exact) mass is 547 g/mol. The Kier molecular flexibility index (Phi) is 7.11. The summed E-state index contributed by atoms with van der Waals surface area (Å²) in [6.45, 7) is 8.21. The molecular formula is C28H30FN7O2S. The summed E-state index contributed by atoms with van der Waals surface area (Å²) in [5, 5.41) is 5.41. The van der Waals surface area contributed by atoms with Crippen LogP contribution in [-0.2, 0) is 0 Å². The van der Waals surface area contributed by atoms with E-state index in [-0.39, 0.29) is 0 Å². The van der Waals surface area contributed by atoms with Crippen LogP contribution in [0.1, 0.15) is 10.6 Å². The molecule has 3 aromatic heterocycles. The van der Waals surface area contributed by atoms with E-state index >= 15 is 4.39 Å². The van der Waals surface area contributed by atoms with Gasteiger partial charge in [-0.25, -0.2) is 18.9 Å². The smallest absolute Gasteiger partial charge is 0.167 e. The summed E-state index contributed by atoms with van der Waals surface area (Å²) in [5.74, 6) is 1.31. The minimum Gasteiger partial charge on any atom is -0.496 e. The molecular weight excluding hydrogens is 517 g/mol. The molecule has 4 aromatic rings. The van der Waals surface area contributed by atoms with Crippen molar-refractivity contribution in [3.63, 3.8) is 0 Å². The minimum absolute atomic E-state index is 0.296. The average Bonchev–Trinajstić information content (AvgIpc) is 3.68. The van der Waals surface area contributed by atoms with Crippen molar-refractivity contribution in [3.05, 3.63) is 52.9 Å². The van der Waals surface area contributed by atoms with Crippen molar-refractivity contribution < 1.29 is 13.9 Å². The Morgan fingerprint density at radius 3 is 2.72 bits per heavy atom. The zero-order chi connectivity index (χ0) is 26.9. The van der Waals surface area contributed by atoms with E-state index in [0.29, 0.717) is 45.9 Å². The van der Waals surface area contributed by atoms with Crippen molar-refractivity contribution in [1.29, 1.82) is 0 Å². The Hall–Kier alpha value is -3.67. The van der Waals surface area contributed by atoms with Crippen LogP contribution in [0, 0.1) is 12.7 Å². The number of likely N-dealkylation sites (N-methyl/N-ethyl adjacent to an activating group) is 1. The third kappa shape index (κ3) is 5.05. The predicted octanol–water partition coefficient (Wildman–Crippen LogP) is 4.04. The molecule has 0 N–H and O–H groups in total. The summed E-state index contributed by atoms with van der Waals surface area (Å²) in [6.07, 6.45) is 3.64. The molecule has 9 nitrogen and oxygen atoms in total. The fourth-order valence-electron chi connectivity index (χ4n) is 4.94. The van der Waals surface area contributed by atoms with E-state index in [1.807, 2.05) is 29.8 Å². The van der Waals surface area contributed by atoms with E-state index in [4.69, 9.17) is 19.6 Å². The number of piperazine rings is 1. The standard InChI is InChI=1S/C28H30FN7O2S/c1-18-23(21-17-19(7-10-36(21)33-18)38-16-15-35-13-11-34(2)12-14-35)28-32-25(26(39-28)27-30-8-9-31-27)24-20(29)5-4-6-22(24)37-3/h4-8,10,17H,9,11-16H2,1-3H3. The molecule has 0 aliphatic carbocycles. The van der Waals surface area contributed by atoms with Crippen molar-refractivity contribution in [3.8, 4) is 33.3 Å². The molecule has 6 rings (SSSR count). The maximum atomic E-state index is 15.2. The number of hydrogen-bond acceptors (Lipinski definition) is 9. The molecule has 0 saturated carbocycles. The van der Waals surface area contributed by atoms with Crippen molar-refractivity contribution in [2.75, 3.05) is 60.0 Å². The number of amidine groups is 1. The van der Waals surface area contributed by atoms with Gasteiger partial charge in [0.1, 0.15) is 33.8 Å². The summed E-state index contributed by atoms with van der Waals surface area (Å²) < 4.78 is 28.6. The molecule has 1 aromatic carbocycles. The highest BCUT2D eigenvalue weighted by atomic mass is 32.1. The lowest BCUT2D eigenvalue weighted by Gasteiger charge is -2.32. The number of nitrogens with zero attached hydrogens (tertiary/aromatic N) is 7. The molecule has 1 fully saturated rings. The topological polar surface area (TPSA) is 79.9 Å². The predicted molar refractivity (Wildman–Crippen MR) is 152 cm³/mol. The van der Waals surface area contributed by atoms with Gasteiger partial charge < -0.3 is 14.4 Å². The molecule has 202 valence electrons. The van der Waals surface area contributed by atoms with Crippen LogP contribution in [0.3, 0.4) is 0 Å². The molecule has 2 aliphatic heterocycles. The number of rotatable bonds is 8. The van der Waals surface area contributed by atoms with Gasteiger partial charge in [0, 0.05) is 51.2 Å². The van der Waals surface area contributed by atoms with Crippen molar-refractivity contribution in [2.24, 2.45) is 9.98 Å². The fourth-order valence-corrected chi connectivity index (χ4v) is 6.08. The van der Waals surface area contributed by atoms with Gasteiger partial charge in [0.2, 0.25) is 0 Å². The molecule has 11 heteroatoms. The van der Waals surface area contributed by atoms with Gasteiger partial charge in [-0.1, -0.05) is 6.07 Å². The zero-order valence-electron chi connectivity index (χ0n) is 22.2. The lowest BCUT2D eigenvalue weighted by atomic mass is 10.1. The van der Waals surface area contributed by atoms with E-state index < -0.39 is 5.82 Å². The first-order valence-electron chi connectivity index (χ1n) is 13.0. The minimum atomic E-state index is -0.414. The van der Waals surface area contributed by atoms with Crippen LogP contribution in [0.4, 0.5) is 4.39 Å². The number of aryl methyl sites for hydroxylation is 1. The largest absolute Gasteiger partial charge is 0.496 e. The van der Waals surface area contributed by atoms with Gasteiger partial charge in [0.25, 0.3) is 0 Å². The van der Waals surface area contributed by atoms with Gasteiger partial charge >= 0.3 is 0 Å². The molecule has 0 atom stereocenters. The zero-order valence-corrected chi connectivity index (χ0v) is 23.0. The number of pyridine rings is 1. The van der Waals surface area contributed by atoms with Gasteiger partial charge in [-0.05, 0) is 32.2 Å². The fraction of sp³-hybridized carbons (Fsp3) is 0.357. The van der Waals surface area contributed by atoms with Crippen LogP contribution in [0.2, 0.25) is 0 Å². The third-order valence-electron chi connectivity index (χ3n) is 7.07. The lowest BCUT2D eigenvalue weighted by molar-refractivity contribution is 0.134. The van der Waals surface area contributed by atoms with Crippen molar-refractivity contribution in [1.82, 2.24) is 24.4 Å². The summed E-state index contributed by atoms with van der Waals surface area (Å²) in [6, 6.07) is 8.68. The number of benzene rings is 1. The van der Waals surface area contributed by atoms with E-state index in [0.717, 1.165) is 55.2 Å². The molecule has 0 amide bonds. The van der Waals surface area contributed by atoms with Crippen LogP contribution in [-0.4, -0.2) is 96.5 Å². The molecule has 0 radical (unpaired) electrons. The number of aromatic nitrogens is 3. The number of methoxy groups -OCH3 is 1. The molecule has 5 heterocycles. The SMILES string of the molecule is COc1cccc(F)c1-c1nc(-c2c(C)nn3ccc(OCCN4CCN(C)CC4)cc23)sc1C1=NCC=N1.